The number of fused-ring (bicyclic) bond motifs is 1. The molecule has 1 amide bonds. The average Bonchev–Trinajstić information content (AvgIpc) is 3.21. The maximum Gasteiger partial charge on any atom is 0.265 e. The molecule has 2 aromatic rings. The Morgan fingerprint density at radius 2 is 1.93 bits per heavy atom. The first-order valence-electron chi connectivity index (χ1n) is 10.1. The molecule has 2 aliphatic carbocycles. The second-order valence-electron chi connectivity index (χ2n) is 8.61. The number of ketones is 2. The molecule has 1 aromatic carbocycles. The number of ether oxygens (including phenoxy) is 1. The van der Waals surface area contributed by atoms with Gasteiger partial charge in [0.25, 0.3) is 5.91 Å². The summed E-state index contributed by atoms with van der Waals surface area (Å²) in [5.41, 5.74) is 2.68. The molecule has 0 radical (unpaired) electrons. The molecule has 1 aromatic heterocycles. The van der Waals surface area contributed by atoms with Crippen molar-refractivity contribution in [2.45, 2.75) is 63.6 Å². The lowest BCUT2D eigenvalue weighted by Crippen LogP contribution is -2.44. The third kappa shape index (κ3) is 3.39. The van der Waals surface area contributed by atoms with Gasteiger partial charge in [-0.25, -0.2) is 0 Å². The highest BCUT2D eigenvalue weighted by Gasteiger charge is 2.40. The molecule has 2 fully saturated rings. The van der Waals surface area contributed by atoms with E-state index < -0.39 is 6.04 Å². The Kier molecular flexibility index (Phi) is 4.35. The van der Waals surface area contributed by atoms with Crippen LogP contribution in [0.1, 0.15) is 64.7 Å². The molecule has 0 unspecified atom stereocenters. The van der Waals surface area contributed by atoms with E-state index in [1.54, 1.807) is 4.90 Å². The summed E-state index contributed by atoms with van der Waals surface area (Å²) < 4.78 is 5.92. The molecule has 1 aliphatic heterocycles. The Hall–Kier alpha value is -2.47. The van der Waals surface area contributed by atoms with E-state index in [9.17, 15) is 14.4 Å². The Balaban J connectivity index is 1.22. The molecule has 5 rings (SSSR count). The van der Waals surface area contributed by atoms with Crippen LogP contribution >= 0.6 is 11.3 Å². The lowest BCUT2D eigenvalue weighted by atomic mass is 9.92. The van der Waals surface area contributed by atoms with Crippen molar-refractivity contribution in [3.05, 3.63) is 51.2 Å². The minimum Gasteiger partial charge on any atom is -0.488 e. The Morgan fingerprint density at radius 3 is 2.59 bits per heavy atom. The first-order valence-corrected chi connectivity index (χ1v) is 10.9. The van der Waals surface area contributed by atoms with Gasteiger partial charge in [-0.3, -0.25) is 14.4 Å². The second kappa shape index (κ2) is 6.80. The number of amides is 1. The molecular weight excluding hydrogens is 386 g/mol. The zero-order valence-corrected chi connectivity index (χ0v) is 17.2. The molecule has 0 spiro atoms. The van der Waals surface area contributed by atoms with Crippen molar-refractivity contribution in [1.82, 2.24) is 4.90 Å². The van der Waals surface area contributed by atoms with Gasteiger partial charge in [0.1, 0.15) is 18.1 Å². The van der Waals surface area contributed by atoms with Gasteiger partial charge >= 0.3 is 0 Å². The average molecular weight is 410 g/mol. The Bertz CT molecular complexity index is 1000. The number of benzene rings is 1. The lowest BCUT2D eigenvalue weighted by Gasteiger charge is -2.29. The maximum absolute atomic E-state index is 12.8. The fourth-order valence-electron chi connectivity index (χ4n) is 4.27. The van der Waals surface area contributed by atoms with Crippen molar-refractivity contribution in [1.29, 1.82) is 0 Å². The third-order valence-corrected chi connectivity index (χ3v) is 7.54. The summed E-state index contributed by atoms with van der Waals surface area (Å²) in [4.78, 5) is 39.8. The van der Waals surface area contributed by atoms with Gasteiger partial charge in [0.15, 0.2) is 5.78 Å². The molecule has 3 aliphatic rings. The van der Waals surface area contributed by atoms with Gasteiger partial charge in [-0.15, -0.1) is 11.3 Å². The Labute approximate surface area is 173 Å². The van der Waals surface area contributed by atoms with Crippen LogP contribution in [0.5, 0.6) is 5.75 Å². The molecule has 0 N–H and O–H groups in total. The van der Waals surface area contributed by atoms with E-state index in [2.05, 4.69) is 19.1 Å². The number of hydrogen-bond acceptors (Lipinski definition) is 5. The maximum atomic E-state index is 12.8. The van der Waals surface area contributed by atoms with Gasteiger partial charge < -0.3 is 9.64 Å². The fourth-order valence-corrected chi connectivity index (χ4v) is 5.31. The summed E-state index contributed by atoms with van der Waals surface area (Å²) in [5, 5.41) is 0. The lowest BCUT2D eigenvalue weighted by molar-refractivity contribution is -0.133. The minimum atomic E-state index is -0.452. The first-order chi connectivity index (χ1) is 13.9. The fraction of sp³-hybridized carbons (Fsp3) is 0.435. The Morgan fingerprint density at radius 1 is 1.17 bits per heavy atom. The zero-order valence-electron chi connectivity index (χ0n) is 16.4. The number of carbonyl (C=O) groups excluding carboxylic acids is 3. The number of hydrogen-bond donors (Lipinski definition) is 0. The molecule has 5 nitrogen and oxygen atoms in total. The van der Waals surface area contributed by atoms with Crippen LogP contribution in [0.2, 0.25) is 0 Å². The highest BCUT2D eigenvalue weighted by molar-refractivity contribution is 7.14. The van der Waals surface area contributed by atoms with Gasteiger partial charge in [0, 0.05) is 17.8 Å². The molecule has 1 atom stereocenters. The largest absolute Gasteiger partial charge is 0.488 e. The topological polar surface area (TPSA) is 63.7 Å². The molecule has 0 bridgehead atoms. The van der Waals surface area contributed by atoms with Crippen LogP contribution in [0, 0.1) is 0 Å². The first kappa shape index (κ1) is 18.6. The van der Waals surface area contributed by atoms with Crippen molar-refractivity contribution in [3.63, 3.8) is 0 Å². The number of Topliss-reactive ketones (excluding diaryl/α,β-unsaturated/α-hetero) is 2. The standard InChI is InChI=1S/C23H23NO4S/c1-23(8-9-23)15-2-5-17(6-3-15)28-13-18-10-14-12-24(22(27)21(14)29-18)19-7-4-16(25)11-20(19)26/h2-3,5-6,10,19H,4,7-9,11-13H2,1H3/t19-/m0/s1. The van der Waals surface area contributed by atoms with E-state index in [-0.39, 0.29) is 23.9 Å². The smallest absolute Gasteiger partial charge is 0.265 e. The number of nitrogens with zero attached hydrogens (tertiary/aromatic N) is 1. The highest BCUT2D eigenvalue weighted by Crippen LogP contribution is 2.47. The van der Waals surface area contributed by atoms with Crippen molar-refractivity contribution < 1.29 is 19.1 Å². The number of rotatable bonds is 5. The quantitative estimate of drug-likeness (QED) is 0.700. The SMILES string of the molecule is CC1(c2ccc(OCc3cc4c(s3)C(=O)N([C@H]3CCC(=O)CC3=O)C4)cc2)CC1. The summed E-state index contributed by atoms with van der Waals surface area (Å²) in [6.07, 6.45) is 3.29. The van der Waals surface area contributed by atoms with E-state index in [0.29, 0.717) is 36.3 Å². The van der Waals surface area contributed by atoms with Crippen molar-refractivity contribution in [2.24, 2.45) is 0 Å². The van der Waals surface area contributed by atoms with E-state index in [4.69, 9.17) is 4.74 Å². The highest BCUT2D eigenvalue weighted by atomic mass is 32.1. The second-order valence-corrected chi connectivity index (χ2v) is 9.75. The predicted molar refractivity (Wildman–Crippen MR) is 109 cm³/mol. The molecule has 0 saturated heterocycles. The zero-order chi connectivity index (χ0) is 20.2. The number of thiophene rings is 1. The summed E-state index contributed by atoms with van der Waals surface area (Å²) in [6, 6.07) is 9.88. The van der Waals surface area contributed by atoms with Gasteiger partial charge in [-0.1, -0.05) is 19.1 Å². The van der Waals surface area contributed by atoms with Crippen LogP contribution in [0.3, 0.4) is 0 Å². The van der Waals surface area contributed by atoms with Crippen LogP contribution in [-0.2, 0) is 28.2 Å². The predicted octanol–water partition coefficient (Wildman–Crippen LogP) is 4.03. The van der Waals surface area contributed by atoms with Crippen LogP contribution in [0.4, 0.5) is 0 Å². The van der Waals surface area contributed by atoms with Crippen LogP contribution < -0.4 is 4.74 Å². The molecule has 2 saturated carbocycles. The summed E-state index contributed by atoms with van der Waals surface area (Å²) >= 11 is 1.44. The van der Waals surface area contributed by atoms with Crippen molar-refractivity contribution >= 4 is 28.8 Å². The summed E-state index contributed by atoms with van der Waals surface area (Å²) in [5.74, 6) is 0.589. The van der Waals surface area contributed by atoms with Gasteiger partial charge in [0.2, 0.25) is 0 Å². The van der Waals surface area contributed by atoms with Gasteiger partial charge in [0.05, 0.1) is 17.3 Å². The van der Waals surface area contributed by atoms with E-state index in [1.165, 1.54) is 29.7 Å². The molecule has 29 heavy (non-hydrogen) atoms. The third-order valence-electron chi connectivity index (χ3n) is 6.40. The molecular formula is C23H23NO4S. The molecule has 150 valence electrons. The number of carbonyl (C=O) groups is 3. The monoisotopic (exact) mass is 409 g/mol. The minimum absolute atomic E-state index is 0.0219. The van der Waals surface area contributed by atoms with Crippen molar-refractivity contribution in [3.8, 4) is 5.75 Å². The molecule has 2 heterocycles. The van der Waals surface area contributed by atoms with Crippen LogP contribution in [0.15, 0.2) is 30.3 Å². The van der Waals surface area contributed by atoms with E-state index >= 15 is 0 Å². The van der Waals surface area contributed by atoms with Crippen LogP contribution in [0.25, 0.3) is 0 Å². The van der Waals surface area contributed by atoms with Gasteiger partial charge in [-0.05, 0) is 54.0 Å². The normalized spacial score (nSPS) is 22.7. The summed E-state index contributed by atoms with van der Waals surface area (Å²) in [7, 11) is 0. The summed E-state index contributed by atoms with van der Waals surface area (Å²) in [6.45, 7) is 3.16. The van der Waals surface area contributed by atoms with Gasteiger partial charge in [-0.2, -0.15) is 0 Å². The van der Waals surface area contributed by atoms with Crippen molar-refractivity contribution in [2.75, 3.05) is 0 Å². The van der Waals surface area contributed by atoms with E-state index in [0.717, 1.165) is 16.2 Å². The van der Waals surface area contributed by atoms with Crippen LogP contribution in [-0.4, -0.2) is 28.4 Å². The van der Waals surface area contributed by atoms with E-state index in [1.807, 2.05) is 18.2 Å². The molecule has 6 heteroatoms.